The van der Waals surface area contributed by atoms with E-state index in [1.807, 2.05) is 0 Å². The molecular formula is C15H12ClFN2O3S2. The largest absolute Gasteiger partial charge is 0.355 e. The number of halogens is 2. The molecule has 2 aromatic heterocycles. The molecule has 0 aliphatic rings. The Labute approximate surface area is 147 Å². The molecule has 0 bridgehead atoms. The highest BCUT2D eigenvalue weighted by atomic mass is 35.5. The zero-order valence-corrected chi connectivity index (χ0v) is 15.0. The van der Waals surface area contributed by atoms with Crippen LogP contribution >= 0.6 is 22.9 Å². The summed E-state index contributed by atoms with van der Waals surface area (Å²) in [6, 6.07) is 6.88. The molecule has 3 rings (SSSR count). The van der Waals surface area contributed by atoms with Crippen molar-refractivity contribution >= 4 is 38.6 Å². The molecule has 0 aliphatic carbocycles. The van der Waals surface area contributed by atoms with Crippen LogP contribution in [0.1, 0.15) is 10.6 Å². The predicted octanol–water partition coefficient (Wildman–Crippen LogP) is 4.61. The van der Waals surface area contributed by atoms with Crippen molar-refractivity contribution in [3.63, 3.8) is 0 Å². The number of rotatable bonds is 4. The molecule has 2 heterocycles. The Hall–Kier alpha value is -1.90. The molecular weight excluding hydrogens is 375 g/mol. The van der Waals surface area contributed by atoms with Gasteiger partial charge in [-0.3, -0.25) is 4.72 Å². The van der Waals surface area contributed by atoms with Gasteiger partial charge >= 0.3 is 0 Å². The standard InChI is InChI=1S/C15H12ClFN2O3S2/c1-8-5-13(22-18-8)14-7-15(9(2)23-14)24(20,21)19-10-3-4-12(17)11(16)6-10/h3-7,19H,1-2H3. The van der Waals surface area contributed by atoms with Crippen LogP contribution < -0.4 is 4.72 Å². The summed E-state index contributed by atoms with van der Waals surface area (Å²) < 4.78 is 45.9. The van der Waals surface area contributed by atoms with E-state index in [2.05, 4.69) is 9.88 Å². The molecule has 0 aliphatic heterocycles. The first-order valence-electron chi connectivity index (χ1n) is 6.78. The number of nitrogens with zero attached hydrogens (tertiary/aromatic N) is 1. The van der Waals surface area contributed by atoms with Crippen molar-refractivity contribution in [3.8, 4) is 10.6 Å². The molecule has 3 aromatic rings. The van der Waals surface area contributed by atoms with Gasteiger partial charge in [0.1, 0.15) is 10.7 Å². The first kappa shape index (κ1) is 16.9. The van der Waals surface area contributed by atoms with Gasteiger partial charge in [-0.1, -0.05) is 16.8 Å². The third-order valence-electron chi connectivity index (χ3n) is 3.20. The van der Waals surface area contributed by atoms with E-state index in [9.17, 15) is 12.8 Å². The van der Waals surface area contributed by atoms with Crippen molar-refractivity contribution in [2.75, 3.05) is 4.72 Å². The van der Waals surface area contributed by atoms with Crippen LogP contribution in [0.3, 0.4) is 0 Å². The summed E-state index contributed by atoms with van der Waals surface area (Å²) in [6.45, 7) is 3.48. The number of benzene rings is 1. The fourth-order valence-corrected chi connectivity index (χ4v) is 4.87. The number of thiophene rings is 1. The fourth-order valence-electron chi connectivity index (χ4n) is 2.10. The van der Waals surface area contributed by atoms with Crippen molar-refractivity contribution in [2.24, 2.45) is 0 Å². The van der Waals surface area contributed by atoms with E-state index in [-0.39, 0.29) is 15.6 Å². The van der Waals surface area contributed by atoms with Gasteiger partial charge in [-0.15, -0.1) is 11.3 Å². The van der Waals surface area contributed by atoms with E-state index >= 15 is 0 Å². The molecule has 1 N–H and O–H groups in total. The molecule has 5 nitrogen and oxygen atoms in total. The van der Waals surface area contributed by atoms with Crippen molar-refractivity contribution in [1.29, 1.82) is 0 Å². The summed E-state index contributed by atoms with van der Waals surface area (Å²) in [5, 5.41) is 3.64. The number of hydrogen-bond acceptors (Lipinski definition) is 5. The fraction of sp³-hybridized carbons (Fsp3) is 0.133. The molecule has 0 radical (unpaired) electrons. The maximum atomic E-state index is 13.2. The quantitative estimate of drug-likeness (QED) is 0.710. The van der Waals surface area contributed by atoms with E-state index in [4.69, 9.17) is 16.1 Å². The molecule has 0 atom stereocenters. The van der Waals surface area contributed by atoms with Crippen LogP contribution in [0.5, 0.6) is 0 Å². The third-order valence-corrected chi connectivity index (χ3v) is 6.20. The smallest absolute Gasteiger partial charge is 0.263 e. The Morgan fingerprint density at radius 2 is 2.00 bits per heavy atom. The van der Waals surface area contributed by atoms with Gasteiger partial charge in [-0.2, -0.15) is 0 Å². The monoisotopic (exact) mass is 386 g/mol. The Bertz CT molecular complexity index is 1010. The minimum Gasteiger partial charge on any atom is -0.355 e. The second-order valence-electron chi connectivity index (χ2n) is 5.10. The molecule has 0 amide bonds. The zero-order valence-electron chi connectivity index (χ0n) is 12.6. The van der Waals surface area contributed by atoms with E-state index in [0.29, 0.717) is 21.2 Å². The number of aromatic nitrogens is 1. The maximum absolute atomic E-state index is 13.2. The van der Waals surface area contributed by atoms with Crippen LogP contribution in [0.15, 0.2) is 39.8 Å². The summed E-state index contributed by atoms with van der Waals surface area (Å²) in [5.74, 6) is -0.110. The summed E-state index contributed by atoms with van der Waals surface area (Å²) in [5.41, 5.74) is 0.892. The van der Waals surface area contributed by atoms with Crippen molar-refractivity contribution in [2.45, 2.75) is 18.7 Å². The highest BCUT2D eigenvalue weighted by Gasteiger charge is 2.22. The van der Waals surface area contributed by atoms with Crippen molar-refractivity contribution in [1.82, 2.24) is 5.16 Å². The van der Waals surface area contributed by atoms with Gasteiger partial charge in [0, 0.05) is 10.9 Å². The first-order valence-corrected chi connectivity index (χ1v) is 9.46. The topological polar surface area (TPSA) is 72.2 Å². The normalized spacial score (nSPS) is 11.7. The summed E-state index contributed by atoms with van der Waals surface area (Å²) in [6.07, 6.45) is 0. The average molecular weight is 387 g/mol. The maximum Gasteiger partial charge on any atom is 0.263 e. The van der Waals surface area contributed by atoms with Crippen LogP contribution in [0.4, 0.5) is 10.1 Å². The molecule has 0 unspecified atom stereocenters. The van der Waals surface area contributed by atoms with Crippen LogP contribution in [0.2, 0.25) is 5.02 Å². The third kappa shape index (κ3) is 3.31. The number of aryl methyl sites for hydroxylation is 2. The molecule has 0 spiro atoms. The van der Waals surface area contributed by atoms with Crippen molar-refractivity contribution < 1.29 is 17.3 Å². The van der Waals surface area contributed by atoms with Gasteiger partial charge < -0.3 is 4.52 Å². The van der Waals surface area contributed by atoms with Gasteiger partial charge in [0.15, 0.2) is 5.76 Å². The zero-order chi connectivity index (χ0) is 17.5. The van der Waals surface area contributed by atoms with E-state index in [1.165, 1.54) is 29.5 Å². The van der Waals surface area contributed by atoms with Gasteiger partial charge in [-0.25, -0.2) is 12.8 Å². The van der Waals surface area contributed by atoms with Crippen LogP contribution in [0.25, 0.3) is 10.6 Å². The first-order chi connectivity index (χ1) is 11.3. The number of hydrogen-bond donors (Lipinski definition) is 1. The van der Waals surface area contributed by atoms with E-state index in [1.54, 1.807) is 19.9 Å². The number of sulfonamides is 1. The summed E-state index contributed by atoms with van der Waals surface area (Å²) in [7, 11) is -3.84. The number of nitrogens with one attached hydrogen (secondary N) is 1. The summed E-state index contributed by atoms with van der Waals surface area (Å²) >= 11 is 6.96. The number of anilines is 1. The van der Waals surface area contributed by atoms with Gasteiger partial charge in [0.2, 0.25) is 0 Å². The Kier molecular flexibility index (Phi) is 4.37. The lowest BCUT2D eigenvalue weighted by molar-refractivity contribution is 0.428. The highest BCUT2D eigenvalue weighted by molar-refractivity contribution is 7.93. The minimum atomic E-state index is -3.84. The summed E-state index contributed by atoms with van der Waals surface area (Å²) in [4.78, 5) is 1.38. The van der Waals surface area contributed by atoms with Gasteiger partial charge in [-0.05, 0) is 38.1 Å². The highest BCUT2D eigenvalue weighted by Crippen LogP contribution is 2.34. The molecule has 9 heteroatoms. The molecule has 0 saturated carbocycles. The lowest BCUT2D eigenvalue weighted by Crippen LogP contribution is -2.13. The lowest BCUT2D eigenvalue weighted by Gasteiger charge is -2.08. The Morgan fingerprint density at radius 3 is 2.62 bits per heavy atom. The van der Waals surface area contributed by atoms with Crippen LogP contribution in [0, 0.1) is 19.7 Å². The molecule has 126 valence electrons. The second-order valence-corrected chi connectivity index (χ2v) is 8.41. The van der Waals surface area contributed by atoms with Crippen LogP contribution in [-0.4, -0.2) is 13.6 Å². The Morgan fingerprint density at radius 1 is 1.25 bits per heavy atom. The van der Waals surface area contributed by atoms with Crippen molar-refractivity contribution in [3.05, 3.63) is 51.7 Å². The molecule has 1 aromatic carbocycles. The molecule has 24 heavy (non-hydrogen) atoms. The van der Waals surface area contributed by atoms with E-state index < -0.39 is 15.8 Å². The van der Waals surface area contributed by atoms with Gasteiger partial charge in [0.25, 0.3) is 10.0 Å². The predicted molar refractivity (Wildman–Crippen MR) is 91.5 cm³/mol. The Balaban J connectivity index is 1.95. The lowest BCUT2D eigenvalue weighted by atomic mass is 10.3. The SMILES string of the molecule is Cc1cc(-c2cc(S(=O)(=O)Nc3ccc(F)c(Cl)c3)c(C)s2)on1. The van der Waals surface area contributed by atoms with Crippen LogP contribution in [-0.2, 0) is 10.0 Å². The van der Waals surface area contributed by atoms with Gasteiger partial charge in [0.05, 0.1) is 21.3 Å². The minimum absolute atomic E-state index is 0.122. The average Bonchev–Trinajstić information content (AvgIpc) is 3.09. The van der Waals surface area contributed by atoms with E-state index in [0.717, 1.165) is 6.07 Å². The molecule has 0 saturated heterocycles. The second kappa shape index (κ2) is 6.19. The molecule has 0 fully saturated rings.